The van der Waals surface area contributed by atoms with Crippen LogP contribution in [0.4, 0.5) is 5.69 Å². The molecule has 0 unspecified atom stereocenters. The van der Waals surface area contributed by atoms with Gasteiger partial charge in [0.1, 0.15) is 0 Å². The third kappa shape index (κ3) is 4.01. The highest BCUT2D eigenvalue weighted by molar-refractivity contribution is 7.98. The molecule has 4 rings (SSSR count). The Bertz CT molecular complexity index is 1150. The molecule has 8 nitrogen and oxygen atoms in total. The average Bonchev–Trinajstić information content (AvgIpc) is 3.34. The first kappa shape index (κ1) is 19.2. The van der Waals surface area contributed by atoms with E-state index in [-0.39, 0.29) is 10.6 Å². The van der Waals surface area contributed by atoms with Crippen molar-refractivity contribution in [2.45, 2.75) is 17.5 Å². The van der Waals surface area contributed by atoms with E-state index in [1.54, 1.807) is 19.2 Å². The molecule has 2 heterocycles. The monoisotopic (exact) mass is 409 g/mol. The zero-order valence-corrected chi connectivity index (χ0v) is 16.6. The minimum Gasteiger partial charge on any atom is -0.383 e. The molecule has 0 atom stereocenters. The summed E-state index contributed by atoms with van der Waals surface area (Å²) in [5.41, 5.74) is 2.96. The van der Waals surface area contributed by atoms with Gasteiger partial charge in [0.25, 0.3) is 5.69 Å². The van der Waals surface area contributed by atoms with E-state index in [9.17, 15) is 10.1 Å². The molecule has 0 bridgehead atoms. The lowest BCUT2D eigenvalue weighted by molar-refractivity contribution is -0.384. The van der Waals surface area contributed by atoms with Crippen LogP contribution in [0.25, 0.3) is 22.3 Å². The molecule has 0 spiro atoms. The normalized spacial score (nSPS) is 11.2. The number of methoxy groups -OCH3 is 1. The maximum atomic E-state index is 11.0. The molecule has 0 fully saturated rings. The SMILES string of the molecule is COCCn1c(SCc2cccc([N+](=O)[O-])c2)nnc1-c1c[nH]c2ccccc12. The van der Waals surface area contributed by atoms with Crippen molar-refractivity contribution >= 4 is 28.4 Å². The number of H-pyrrole nitrogens is 1. The molecule has 0 saturated carbocycles. The van der Waals surface area contributed by atoms with E-state index in [1.807, 2.05) is 41.1 Å². The van der Waals surface area contributed by atoms with Crippen molar-refractivity contribution < 1.29 is 9.66 Å². The van der Waals surface area contributed by atoms with E-state index in [2.05, 4.69) is 15.2 Å². The number of thioether (sulfide) groups is 1. The first-order chi connectivity index (χ1) is 14.2. The van der Waals surface area contributed by atoms with E-state index < -0.39 is 0 Å². The maximum Gasteiger partial charge on any atom is 0.269 e. The summed E-state index contributed by atoms with van der Waals surface area (Å²) in [6, 6.07) is 14.7. The van der Waals surface area contributed by atoms with Crippen molar-refractivity contribution in [2.24, 2.45) is 0 Å². The van der Waals surface area contributed by atoms with E-state index in [1.165, 1.54) is 17.8 Å². The molecule has 0 aliphatic heterocycles. The first-order valence-corrected chi connectivity index (χ1v) is 10.0. The summed E-state index contributed by atoms with van der Waals surface area (Å²) in [4.78, 5) is 13.9. The van der Waals surface area contributed by atoms with Crippen LogP contribution in [0.1, 0.15) is 5.56 Å². The van der Waals surface area contributed by atoms with Gasteiger partial charge < -0.3 is 9.72 Å². The van der Waals surface area contributed by atoms with Gasteiger partial charge in [-0.25, -0.2) is 0 Å². The Morgan fingerprint density at radius 2 is 2.07 bits per heavy atom. The van der Waals surface area contributed by atoms with Gasteiger partial charge in [-0.05, 0) is 11.6 Å². The summed E-state index contributed by atoms with van der Waals surface area (Å²) < 4.78 is 7.30. The second kappa shape index (κ2) is 8.46. The lowest BCUT2D eigenvalue weighted by Gasteiger charge is -2.09. The summed E-state index contributed by atoms with van der Waals surface area (Å²) in [6.45, 7) is 1.13. The second-order valence-corrected chi connectivity index (χ2v) is 7.36. The fraction of sp³-hybridized carbons (Fsp3) is 0.200. The van der Waals surface area contributed by atoms with Crippen LogP contribution in [0.2, 0.25) is 0 Å². The Hall–Kier alpha value is -3.17. The number of nitrogens with zero attached hydrogens (tertiary/aromatic N) is 4. The van der Waals surface area contributed by atoms with Gasteiger partial charge in [-0.2, -0.15) is 0 Å². The van der Waals surface area contributed by atoms with Gasteiger partial charge in [-0.1, -0.05) is 42.1 Å². The van der Waals surface area contributed by atoms with Crippen molar-refractivity contribution in [1.29, 1.82) is 0 Å². The van der Waals surface area contributed by atoms with Crippen LogP contribution in [-0.4, -0.2) is 38.4 Å². The predicted molar refractivity (Wildman–Crippen MR) is 112 cm³/mol. The number of benzene rings is 2. The number of ether oxygens (including phenoxy) is 1. The quantitative estimate of drug-likeness (QED) is 0.265. The highest BCUT2D eigenvalue weighted by Crippen LogP contribution is 2.31. The molecule has 148 valence electrons. The highest BCUT2D eigenvalue weighted by Gasteiger charge is 2.17. The van der Waals surface area contributed by atoms with Gasteiger partial charge >= 0.3 is 0 Å². The van der Waals surface area contributed by atoms with E-state index >= 15 is 0 Å². The molecule has 2 aromatic carbocycles. The number of aromatic amines is 1. The molecular formula is C20H19N5O3S. The summed E-state index contributed by atoms with van der Waals surface area (Å²) in [7, 11) is 1.66. The minimum atomic E-state index is -0.385. The van der Waals surface area contributed by atoms with Gasteiger partial charge in [0.15, 0.2) is 11.0 Å². The largest absolute Gasteiger partial charge is 0.383 e. The Balaban J connectivity index is 1.64. The van der Waals surface area contributed by atoms with Gasteiger partial charge in [-0.15, -0.1) is 10.2 Å². The van der Waals surface area contributed by atoms with E-state index in [0.717, 1.165) is 33.0 Å². The Morgan fingerprint density at radius 3 is 2.90 bits per heavy atom. The number of nitro benzene ring substituents is 1. The number of para-hydroxylation sites is 1. The van der Waals surface area contributed by atoms with Crippen molar-refractivity contribution in [3.8, 4) is 11.4 Å². The third-order valence-corrected chi connectivity index (χ3v) is 5.59. The summed E-state index contributed by atoms with van der Waals surface area (Å²) in [5.74, 6) is 1.32. The number of hydrogen-bond donors (Lipinski definition) is 1. The minimum absolute atomic E-state index is 0.0865. The van der Waals surface area contributed by atoms with Crippen LogP contribution < -0.4 is 0 Å². The van der Waals surface area contributed by atoms with Crippen LogP contribution >= 0.6 is 11.8 Å². The van der Waals surface area contributed by atoms with Gasteiger partial charge in [-0.3, -0.25) is 14.7 Å². The van der Waals surface area contributed by atoms with Gasteiger partial charge in [0, 0.05) is 47.7 Å². The summed E-state index contributed by atoms with van der Waals surface area (Å²) in [6.07, 6.45) is 1.94. The van der Waals surface area contributed by atoms with E-state index in [4.69, 9.17) is 4.74 Å². The summed E-state index contributed by atoms with van der Waals surface area (Å²) >= 11 is 1.50. The Morgan fingerprint density at radius 1 is 1.21 bits per heavy atom. The standard InChI is InChI=1S/C20H19N5O3S/c1-28-10-9-24-19(17-12-21-18-8-3-2-7-16(17)18)22-23-20(24)29-13-14-5-4-6-15(11-14)25(26)27/h2-8,11-12,21H,9-10,13H2,1H3. The highest BCUT2D eigenvalue weighted by atomic mass is 32.2. The molecule has 0 radical (unpaired) electrons. The van der Waals surface area contributed by atoms with Crippen molar-refractivity contribution in [3.63, 3.8) is 0 Å². The molecular weight excluding hydrogens is 390 g/mol. The molecule has 2 aromatic heterocycles. The molecule has 4 aromatic rings. The lowest BCUT2D eigenvalue weighted by atomic mass is 10.1. The maximum absolute atomic E-state index is 11.0. The number of nitro groups is 1. The zero-order valence-electron chi connectivity index (χ0n) is 15.7. The number of hydrogen-bond acceptors (Lipinski definition) is 6. The van der Waals surface area contributed by atoms with Gasteiger partial charge in [0.2, 0.25) is 0 Å². The number of non-ortho nitro benzene ring substituents is 1. The van der Waals surface area contributed by atoms with Crippen LogP contribution in [0.5, 0.6) is 0 Å². The molecule has 9 heteroatoms. The zero-order chi connectivity index (χ0) is 20.2. The second-order valence-electron chi connectivity index (χ2n) is 6.41. The fourth-order valence-corrected chi connectivity index (χ4v) is 4.05. The Kier molecular flexibility index (Phi) is 5.59. The molecule has 0 amide bonds. The van der Waals surface area contributed by atoms with Gasteiger partial charge in [0.05, 0.1) is 18.1 Å². The lowest BCUT2D eigenvalue weighted by Crippen LogP contribution is -2.07. The average molecular weight is 409 g/mol. The van der Waals surface area contributed by atoms with Crippen molar-refractivity contribution in [3.05, 3.63) is 70.4 Å². The van der Waals surface area contributed by atoms with Crippen molar-refractivity contribution in [1.82, 2.24) is 19.7 Å². The molecule has 1 N–H and O–H groups in total. The molecule has 29 heavy (non-hydrogen) atoms. The van der Waals surface area contributed by atoms with E-state index in [0.29, 0.717) is 18.9 Å². The molecule has 0 aliphatic carbocycles. The molecule has 0 saturated heterocycles. The van der Waals surface area contributed by atoms with Crippen LogP contribution in [0.15, 0.2) is 59.9 Å². The van der Waals surface area contributed by atoms with Crippen LogP contribution in [-0.2, 0) is 17.0 Å². The van der Waals surface area contributed by atoms with Crippen LogP contribution in [0, 0.1) is 10.1 Å². The number of fused-ring (bicyclic) bond motifs is 1. The van der Waals surface area contributed by atoms with Crippen molar-refractivity contribution in [2.75, 3.05) is 13.7 Å². The summed E-state index contributed by atoms with van der Waals surface area (Å²) in [5, 5.41) is 21.6. The predicted octanol–water partition coefficient (Wildman–Crippen LogP) is 4.27. The number of nitrogens with one attached hydrogen (secondary N) is 1. The topological polar surface area (TPSA) is 98.9 Å². The Labute approximate surface area is 171 Å². The van der Waals surface area contributed by atoms with Crippen LogP contribution in [0.3, 0.4) is 0 Å². The number of aromatic nitrogens is 4. The smallest absolute Gasteiger partial charge is 0.269 e. The number of rotatable bonds is 8. The fourth-order valence-electron chi connectivity index (χ4n) is 3.14. The third-order valence-electron chi connectivity index (χ3n) is 4.56. The first-order valence-electron chi connectivity index (χ1n) is 9.02. The molecule has 0 aliphatic rings.